The number of benzene rings is 1. The lowest BCUT2D eigenvalue weighted by Crippen LogP contribution is -2.29. The van der Waals surface area contributed by atoms with Crippen molar-refractivity contribution in [3.63, 3.8) is 0 Å². The van der Waals surface area contributed by atoms with E-state index in [0.29, 0.717) is 18.8 Å². The van der Waals surface area contributed by atoms with E-state index in [1.54, 1.807) is 0 Å². The number of tetrazole rings is 1. The molecule has 0 atom stereocenters. The van der Waals surface area contributed by atoms with Gasteiger partial charge in [-0.05, 0) is 11.6 Å². The van der Waals surface area contributed by atoms with Crippen LogP contribution in [-0.2, 0) is 11.3 Å². The van der Waals surface area contributed by atoms with Gasteiger partial charge in [-0.25, -0.2) is 0 Å². The summed E-state index contributed by atoms with van der Waals surface area (Å²) >= 11 is 0. The van der Waals surface area contributed by atoms with Crippen LogP contribution in [0.25, 0.3) is 11.4 Å². The average molecular weight is 261 g/mol. The largest absolute Gasteiger partial charge is 0.396 e. The lowest BCUT2D eigenvalue weighted by atomic mass is 10.2. The van der Waals surface area contributed by atoms with E-state index >= 15 is 0 Å². The van der Waals surface area contributed by atoms with E-state index in [0.717, 1.165) is 5.56 Å². The number of rotatable bonds is 6. The van der Waals surface area contributed by atoms with Crippen molar-refractivity contribution in [2.45, 2.75) is 13.0 Å². The Morgan fingerprint density at radius 3 is 2.84 bits per heavy atom. The molecule has 1 aromatic carbocycles. The van der Waals surface area contributed by atoms with E-state index in [1.807, 2.05) is 30.3 Å². The summed E-state index contributed by atoms with van der Waals surface area (Å²) in [6.45, 7) is 0.515. The van der Waals surface area contributed by atoms with Gasteiger partial charge >= 0.3 is 0 Å². The Labute approximate surface area is 110 Å². The first-order valence-electron chi connectivity index (χ1n) is 6.00. The molecule has 0 unspecified atom stereocenters. The molecule has 2 rings (SSSR count). The molecule has 7 heteroatoms. The number of hydrogen-bond acceptors (Lipinski definition) is 5. The number of amides is 1. The SMILES string of the molecule is O=C(Cn1nnc(-c2ccccc2)n1)NCCCO. The van der Waals surface area contributed by atoms with Crippen LogP contribution in [0.3, 0.4) is 0 Å². The number of nitrogens with zero attached hydrogens (tertiary/aromatic N) is 4. The van der Waals surface area contributed by atoms with Crippen LogP contribution in [0.2, 0.25) is 0 Å². The predicted octanol–water partition coefficient (Wildman–Crippen LogP) is -0.161. The first-order valence-corrected chi connectivity index (χ1v) is 6.00. The first kappa shape index (κ1) is 13.2. The van der Waals surface area contributed by atoms with Crippen molar-refractivity contribution in [3.05, 3.63) is 30.3 Å². The van der Waals surface area contributed by atoms with Gasteiger partial charge in [0.2, 0.25) is 11.7 Å². The predicted molar refractivity (Wildman–Crippen MR) is 68.0 cm³/mol. The fraction of sp³-hybridized carbons (Fsp3) is 0.333. The summed E-state index contributed by atoms with van der Waals surface area (Å²) in [7, 11) is 0. The van der Waals surface area contributed by atoms with Gasteiger partial charge in [-0.15, -0.1) is 10.2 Å². The Kier molecular flexibility index (Phi) is 4.57. The van der Waals surface area contributed by atoms with Crippen LogP contribution in [0.5, 0.6) is 0 Å². The fourth-order valence-corrected chi connectivity index (χ4v) is 1.50. The van der Waals surface area contributed by atoms with E-state index in [4.69, 9.17) is 5.11 Å². The molecule has 2 aromatic rings. The van der Waals surface area contributed by atoms with Crippen LogP contribution in [0.15, 0.2) is 30.3 Å². The standard InChI is InChI=1S/C12H15N5O2/c18-8-4-7-13-11(19)9-17-15-12(14-16-17)10-5-2-1-3-6-10/h1-3,5-6,18H,4,7-9H2,(H,13,19). The third-order valence-electron chi connectivity index (χ3n) is 2.43. The molecule has 0 fully saturated rings. The van der Waals surface area contributed by atoms with E-state index in [1.165, 1.54) is 4.80 Å². The van der Waals surface area contributed by atoms with Crippen molar-refractivity contribution >= 4 is 5.91 Å². The van der Waals surface area contributed by atoms with Gasteiger partial charge in [0.25, 0.3) is 0 Å². The molecule has 0 aliphatic heterocycles. The quantitative estimate of drug-likeness (QED) is 0.705. The summed E-state index contributed by atoms with van der Waals surface area (Å²) < 4.78 is 0. The molecule has 0 aliphatic rings. The third-order valence-corrected chi connectivity index (χ3v) is 2.43. The van der Waals surface area contributed by atoms with Crippen LogP contribution in [-0.4, -0.2) is 44.4 Å². The van der Waals surface area contributed by atoms with E-state index in [9.17, 15) is 4.79 Å². The highest BCUT2D eigenvalue weighted by molar-refractivity contribution is 5.75. The second-order valence-electron chi connectivity index (χ2n) is 3.94. The minimum atomic E-state index is -0.203. The molecule has 1 aromatic heterocycles. The topological polar surface area (TPSA) is 92.9 Å². The van der Waals surface area contributed by atoms with Gasteiger partial charge in [0, 0.05) is 18.7 Å². The zero-order valence-electron chi connectivity index (χ0n) is 10.4. The molecule has 7 nitrogen and oxygen atoms in total. The van der Waals surface area contributed by atoms with Crippen LogP contribution < -0.4 is 5.32 Å². The Bertz CT molecular complexity index is 526. The molecule has 2 N–H and O–H groups in total. The summed E-state index contributed by atoms with van der Waals surface area (Å²) in [6.07, 6.45) is 0.534. The molecular weight excluding hydrogens is 246 g/mol. The monoisotopic (exact) mass is 261 g/mol. The Hall–Kier alpha value is -2.28. The number of aromatic nitrogens is 4. The molecule has 0 radical (unpaired) electrons. The lowest BCUT2D eigenvalue weighted by Gasteiger charge is -2.02. The highest BCUT2D eigenvalue weighted by Gasteiger charge is 2.08. The molecule has 0 saturated heterocycles. The van der Waals surface area contributed by atoms with Gasteiger partial charge in [-0.1, -0.05) is 30.3 Å². The molecule has 0 saturated carbocycles. The van der Waals surface area contributed by atoms with Crippen LogP contribution in [0.1, 0.15) is 6.42 Å². The van der Waals surface area contributed by atoms with Crippen molar-refractivity contribution in [2.75, 3.05) is 13.2 Å². The van der Waals surface area contributed by atoms with Gasteiger partial charge in [-0.3, -0.25) is 4.79 Å². The van der Waals surface area contributed by atoms with Gasteiger partial charge in [-0.2, -0.15) is 4.80 Å². The van der Waals surface area contributed by atoms with Crippen molar-refractivity contribution in [1.29, 1.82) is 0 Å². The van der Waals surface area contributed by atoms with Crippen molar-refractivity contribution in [1.82, 2.24) is 25.5 Å². The highest BCUT2D eigenvalue weighted by Crippen LogP contribution is 2.11. The Morgan fingerprint density at radius 2 is 2.11 bits per heavy atom. The number of aliphatic hydroxyl groups excluding tert-OH is 1. The third kappa shape index (κ3) is 3.85. The first-order chi connectivity index (χ1) is 9.29. The average Bonchev–Trinajstić information content (AvgIpc) is 2.88. The molecular formula is C12H15N5O2. The molecule has 1 heterocycles. The van der Waals surface area contributed by atoms with Gasteiger partial charge in [0.15, 0.2) is 0 Å². The minimum absolute atomic E-state index is 0.0191. The Morgan fingerprint density at radius 1 is 1.32 bits per heavy atom. The number of nitrogens with one attached hydrogen (secondary N) is 1. The summed E-state index contributed by atoms with van der Waals surface area (Å²) in [5.74, 6) is 0.286. The normalized spacial score (nSPS) is 10.4. The van der Waals surface area contributed by atoms with Crippen molar-refractivity contribution in [3.8, 4) is 11.4 Å². The van der Waals surface area contributed by atoms with Crippen LogP contribution in [0, 0.1) is 0 Å². The molecule has 1 amide bonds. The summed E-state index contributed by atoms with van der Waals surface area (Å²) in [4.78, 5) is 12.8. The zero-order chi connectivity index (χ0) is 13.5. The minimum Gasteiger partial charge on any atom is -0.396 e. The van der Waals surface area contributed by atoms with E-state index in [-0.39, 0.29) is 19.1 Å². The van der Waals surface area contributed by atoms with Gasteiger partial charge in [0.05, 0.1) is 0 Å². The number of aliphatic hydroxyl groups is 1. The van der Waals surface area contributed by atoms with E-state index in [2.05, 4.69) is 20.7 Å². The summed E-state index contributed by atoms with van der Waals surface area (Å²) in [6, 6.07) is 9.43. The highest BCUT2D eigenvalue weighted by atomic mass is 16.3. The van der Waals surface area contributed by atoms with Gasteiger partial charge in [0.1, 0.15) is 6.54 Å². The number of carbonyl (C=O) groups is 1. The second kappa shape index (κ2) is 6.60. The second-order valence-corrected chi connectivity index (χ2v) is 3.94. The molecule has 0 aliphatic carbocycles. The van der Waals surface area contributed by atoms with Crippen LogP contribution in [0.4, 0.5) is 0 Å². The van der Waals surface area contributed by atoms with Crippen molar-refractivity contribution < 1.29 is 9.90 Å². The van der Waals surface area contributed by atoms with E-state index < -0.39 is 0 Å². The smallest absolute Gasteiger partial charge is 0.243 e. The summed E-state index contributed by atoms with van der Waals surface area (Å²) in [5.41, 5.74) is 0.856. The number of hydrogen-bond donors (Lipinski definition) is 2. The fourth-order valence-electron chi connectivity index (χ4n) is 1.50. The zero-order valence-corrected chi connectivity index (χ0v) is 10.4. The van der Waals surface area contributed by atoms with Crippen molar-refractivity contribution in [2.24, 2.45) is 0 Å². The maximum Gasteiger partial charge on any atom is 0.243 e. The number of carbonyl (C=O) groups excluding carboxylic acids is 1. The van der Waals surface area contributed by atoms with Crippen LogP contribution >= 0.6 is 0 Å². The maximum absolute atomic E-state index is 11.5. The molecule has 100 valence electrons. The molecule has 0 spiro atoms. The maximum atomic E-state index is 11.5. The van der Waals surface area contributed by atoms with Gasteiger partial charge < -0.3 is 10.4 Å². The molecule has 0 bridgehead atoms. The molecule has 19 heavy (non-hydrogen) atoms. The Balaban J connectivity index is 1.93. The summed E-state index contributed by atoms with van der Waals surface area (Å²) in [5, 5.41) is 23.1. The lowest BCUT2D eigenvalue weighted by molar-refractivity contribution is -0.122.